The summed E-state index contributed by atoms with van der Waals surface area (Å²) in [5.74, 6) is -81.8. The van der Waals surface area contributed by atoms with Crippen LogP contribution >= 0.6 is 15.9 Å². The average molecular weight is 807 g/mol. The highest BCUT2D eigenvalue weighted by atomic mass is 79.9. The minimum Gasteiger partial charge on any atom is -0.348 e. The third-order valence-electron chi connectivity index (χ3n) is 5.82. The number of rotatable bonds is 16. The largest absolute Gasteiger partial charge is 0.460 e. The van der Waals surface area contributed by atoms with Crippen molar-refractivity contribution in [3.8, 4) is 0 Å². The topological polar surface area (TPSA) is 52.6 Å². The lowest BCUT2D eigenvalue weighted by Gasteiger charge is -2.44. The van der Waals surface area contributed by atoms with Crippen LogP contribution in [-0.2, 0) is 19.0 Å². The highest BCUT2D eigenvalue weighted by Crippen LogP contribution is 2.66. The summed E-state index contributed by atoms with van der Waals surface area (Å²) in [5, 5.41) is -0.363. The van der Waals surface area contributed by atoms with Gasteiger partial charge < -0.3 is 4.74 Å². The summed E-state index contributed by atoms with van der Waals surface area (Å²) in [6.45, 7) is -0.551. The van der Waals surface area contributed by atoms with Gasteiger partial charge in [0, 0.05) is 17.7 Å². The van der Waals surface area contributed by atoms with Gasteiger partial charge in [-0.05, 0) is 6.92 Å². The molecule has 0 N–H and O–H groups in total. The minimum atomic E-state index is -9.25. The fraction of sp³-hybridized carbons (Fsp3) is 1.00. The van der Waals surface area contributed by atoms with Crippen LogP contribution in [0.1, 0.15) is 20.3 Å². The van der Waals surface area contributed by atoms with Crippen LogP contribution in [0.5, 0.6) is 0 Å². The molecule has 0 heterocycles. The van der Waals surface area contributed by atoms with Crippen LogP contribution in [0.2, 0.25) is 0 Å². The monoisotopic (exact) mass is 806 g/mol. The van der Waals surface area contributed by atoms with Crippen molar-refractivity contribution in [2.75, 3.05) is 18.2 Å². The molecule has 0 aromatic carbocycles. The van der Waals surface area contributed by atoms with E-state index in [9.17, 15) is 101 Å². The molecule has 0 bridgehead atoms. The molecule has 2 atom stereocenters. The lowest BCUT2D eigenvalue weighted by Crippen LogP contribution is -2.76. The fourth-order valence-electron chi connectivity index (χ4n) is 2.82. The minimum absolute atomic E-state index is 0.306. The van der Waals surface area contributed by atoms with Gasteiger partial charge in [0.25, 0.3) is 10.1 Å². The molecule has 0 saturated heterocycles. The van der Waals surface area contributed by atoms with E-state index in [1.807, 2.05) is 0 Å². The van der Waals surface area contributed by atoms with Crippen molar-refractivity contribution >= 4 is 26.0 Å². The van der Waals surface area contributed by atoms with E-state index >= 15 is 0 Å². The SMILES string of the molecule is CC(CBr)C(C)(OCCC(F)(F)C(F)(F)C(F)(F)C(F)(F)C(F)(F)C(F)(F)C(F)(F)C(F)(F)C(F)(F)C(F)(F)F)OS(C)(=O)=O. The molecule has 0 rings (SSSR count). The summed E-state index contributed by atoms with van der Waals surface area (Å²) in [5.41, 5.74) is 0. The zero-order valence-corrected chi connectivity index (χ0v) is 24.0. The first kappa shape index (κ1) is 43.9. The second-order valence-electron chi connectivity index (χ2n) is 9.25. The maximum absolute atomic E-state index is 14.1. The van der Waals surface area contributed by atoms with E-state index in [0.717, 1.165) is 6.92 Å². The molecule has 27 heteroatoms. The smallest absolute Gasteiger partial charge is 0.348 e. The summed E-state index contributed by atoms with van der Waals surface area (Å²) in [6.07, 6.45) is -10.8. The molecule has 2 unspecified atom stereocenters. The normalized spacial score (nSPS) is 18.2. The van der Waals surface area contributed by atoms with Crippen LogP contribution in [-0.4, -0.2) is 91.9 Å². The first-order valence-corrected chi connectivity index (χ1v) is 13.7. The quantitative estimate of drug-likeness (QED) is 0.0681. The molecular formula is C18H16BrF21O4S. The van der Waals surface area contributed by atoms with E-state index in [0.29, 0.717) is 13.2 Å². The van der Waals surface area contributed by atoms with Crippen LogP contribution in [0.25, 0.3) is 0 Å². The van der Waals surface area contributed by atoms with E-state index in [2.05, 4.69) is 24.8 Å². The van der Waals surface area contributed by atoms with Gasteiger partial charge >= 0.3 is 59.5 Å². The molecule has 0 aromatic rings. The van der Waals surface area contributed by atoms with Crippen molar-refractivity contribution in [1.29, 1.82) is 0 Å². The standard InChI is InChI=1S/C18H16BrF21O4S/c1-7(6-19)8(2,44-45(3,41)42)43-5-4-9(20,21)10(22,23)11(24,25)12(26,27)13(28,29)14(30,31)15(32,33)16(34,35)17(36,37)18(38,39)40/h7H,4-6H2,1-3H3. The summed E-state index contributed by atoms with van der Waals surface area (Å²) in [4.78, 5) is 0. The summed E-state index contributed by atoms with van der Waals surface area (Å²) < 4.78 is 314. The third kappa shape index (κ3) is 6.90. The second-order valence-corrected chi connectivity index (χ2v) is 11.5. The van der Waals surface area contributed by atoms with Crippen LogP contribution in [0.4, 0.5) is 92.2 Å². The van der Waals surface area contributed by atoms with Crippen LogP contribution in [0.3, 0.4) is 0 Å². The predicted octanol–water partition coefficient (Wildman–Crippen LogP) is 8.40. The van der Waals surface area contributed by atoms with Crippen LogP contribution in [0.15, 0.2) is 0 Å². The summed E-state index contributed by atoms with van der Waals surface area (Å²) >= 11 is 2.71. The third-order valence-corrected chi connectivity index (χ3v) is 7.43. The molecule has 0 spiro atoms. The Bertz CT molecular complexity index is 1150. The number of hydrogen-bond acceptors (Lipinski definition) is 4. The zero-order chi connectivity index (χ0) is 37.1. The Kier molecular flexibility index (Phi) is 11.8. The van der Waals surface area contributed by atoms with E-state index in [4.69, 9.17) is 0 Å². The van der Waals surface area contributed by atoms with Crippen LogP contribution in [0, 0.1) is 5.92 Å². The van der Waals surface area contributed by atoms with E-state index in [1.54, 1.807) is 0 Å². The Morgan fingerprint density at radius 2 is 0.867 bits per heavy atom. The van der Waals surface area contributed by atoms with Gasteiger partial charge in [-0.15, -0.1) is 0 Å². The van der Waals surface area contributed by atoms with Crippen molar-refractivity contribution in [2.24, 2.45) is 5.92 Å². The Morgan fingerprint density at radius 3 is 1.13 bits per heavy atom. The molecule has 45 heavy (non-hydrogen) atoms. The Labute approximate surface area is 245 Å². The predicted molar refractivity (Wildman–Crippen MR) is 108 cm³/mol. The van der Waals surface area contributed by atoms with Gasteiger partial charge in [0.2, 0.25) is 0 Å². The maximum atomic E-state index is 14.1. The summed E-state index contributed by atoms with van der Waals surface area (Å²) in [6, 6.07) is 0. The van der Waals surface area contributed by atoms with Crippen LogP contribution < -0.4 is 0 Å². The van der Waals surface area contributed by atoms with Gasteiger partial charge in [-0.25, -0.2) is 4.18 Å². The molecule has 4 nitrogen and oxygen atoms in total. The van der Waals surface area contributed by atoms with Gasteiger partial charge in [-0.2, -0.15) is 101 Å². The molecule has 0 aromatic heterocycles. The molecule has 0 aliphatic heterocycles. The molecular weight excluding hydrogens is 791 g/mol. The molecule has 0 radical (unpaired) electrons. The highest BCUT2D eigenvalue weighted by molar-refractivity contribution is 9.09. The molecule has 0 aliphatic carbocycles. The van der Waals surface area contributed by atoms with E-state index < -0.39 is 94.3 Å². The first-order valence-electron chi connectivity index (χ1n) is 10.7. The Hall–Kier alpha value is -1.12. The maximum Gasteiger partial charge on any atom is 0.460 e. The van der Waals surface area contributed by atoms with Gasteiger partial charge in [0.05, 0.1) is 12.9 Å². The number of alkyl halides is 22. The Balaban J connectivity index is 6.78. The fourth-order valence-corrected chi connectivity index (χ4v) is 4.22. The Morgan fingerprint density at radius 1 is 0.578 bits per heavy atom. The lowest BCUT2D eigenvalue weighted by atomic mass is 9.86. The van der Waals surface area contributed by atoms with Crippen molar-refractivity contribution in [3.63, 3.8) is 0 Å². The highest BCUT2D eigenvalue weighted by Gasteiger charge is 2.97. The van der Waals surface area contributed by atoms with Crippen molar-refractivity contribution in [3.05, 3.63) is 0 Å². The second kappa shape index (κ2) is 12.1. The van der Waals surface area contributed by atoms with E-state index in [-0.39, 0.29) is 5.33 Å². The molecule has 0 saturated carbocycles. The van der Waals surface area contributed by atoms with Crippen molar-refractivity contribution < 1.29 is 110 Å². The van der Waals surface area contributed by atoms with Crippen molar-refractivity contribution in [1.82, 2.24) is 0 Å². The molecule has 272 valence electrons. The van der Waals surface area contributed by atoms with Gasteiger partial charge in [-0.1, -0.05) is 22.9 Å². The first-order chi connectivity index (χ1) is 19.1. The molecule has 0 fully saturated rings. The number of halogens is 22. The number of ether oxygens (including phenoxy) is 1. The lowest BCUT2D eigenvalue weighted by molar-refractivity contribution is -0.474. The van der Waals surface area contributed by atoms with E-state index in [1.165, 1.54) is 0 Å². The number of hydrogen-bond donors (Lipinski definition) is 0. The van der Waals surface area contributed by atoms with Gasteiger partial charge in [0.15, 0.2) is 5.79 Å². The summed E-state index contributed by atoms with van der Waals surface area (Å²) in [7, 11) is -4.62. The molecule has 0 amide bonds. The molecule has 0 aliphatic rings. The van der Waals surface area contributed by atoms with Crippen molar-refractivity contribution in [2.45, 2.75) is 85.5 Å². The average Bonchev–Trinajstić information content (AvgIpc) is 2.80. The van der Waals surface area contributed by atoms with Gasteiger partial charge in [0.1, 0.15) is 0 Å². The zero-order valence-electron chi connectivity index (χ0n) is 21.6. The van der Waals surface area contributed by atoms with Gasteiger partial charge in [-0.3, -0.25) is 0 Å².